The van der Waals surface area contributed by atoms with Gasteiger partial charge in [0.05, 0.1) is 16.2 Å². The van der Waals surface area contributed by atoms with E-state index in [1.54, 1.807) is 18.2 Å². The van der Waals surface area contributed by atoms with Gasteiger partial charge in [-0.25, -0.2) is 4.79 Å². The molecule has 0 saturated heterocycles. The van der Waals surface area contributed by atoms with Crippen LogP contribution >= 0.6 is 23.2 Å². The Labute approximate surface area is 139 Å². The van der Waals surface area contributed by atoms with Crippen molar-refractivity contribution < 1.29 is 4.79 Å². The first-order valence-corrected chi connectivity index (χ1v) is 7.94. The molecular formula is C17H16Cl2N2O. The molecule has 22 heavy (non-hydrogen) atoms. The fraction of sp³-hybridized carbons (Fsp3) is 0.235. The molecule has 3 rings (SSSR count). The predicted octanol–water partition coefficient (Wildman–Crippen LogP) is 5.19. The molecule has 0 heterocycles. The molecule has 2 aromatic carbocycles. The van der Waals surface area contributed by atoms with Crippen LogP contribution in [0.4, 0.5) is 10.5 Å². The van der Waals surface area contributed by atoms with Crippen molar-refractivity contribution in [3.63, 3.8) is 0 Å². The average Bonchev–Trinajstić information content (AvgIpc) is 2.47. The molecule has 1 saturated carbocycles. The van der Waals surface area contributed by atoms with Gasteiger partial charge in [-0.05, 0) is 43.0 Å². The SMILES string of the molecule is O=C(Nc1ccc(Cl)cc1Cl)NC1(c2ccccc2)CCC1. The molecule has 2 N–H and O–H groups in total. The molecule has 0 spiro atoms. The molecule has 5 heteroatoms. The second-order valence-corrected chi connectivity index (χ2v) is 6.35. The van der Waals surface area contributed by atoms with Gasteiger partial charge in [0.1, 0.15) is 0 Å². The summed E-state index contributed by atoms with van der Waals surface area (Å²) in [7, 11) is 0. The lowest BCUT2D eigenvalue weighted by atomic mass is 9.72. The van der Waals surface area contributed by atoms with E-state index in [2.05, 4.69) is 22.8 Å². The number of carbonyl (C=O) groups is 1. The van der Waals surface area contributed by atoms with Gasteiger partial charge in [0.15, 0.2) is 0 Å². The summed E-state index contributed by atoms with van der Waals surface area (Å²) in [5.74, 6) is 0. The number of benzene rings is 2. The van der Waals surface area contributed by atoms with Gasteiger partial charge in [-0.3, -0.25) is 0 Å². The smallest absolute Gasteiger partial charge is 0.319 e. The summed E-state index contributed by atoms with van der Waals surface area (Å²) in [6, 6.07) is 14.8. The second-order valence-electron chi connectivity index (χ2n) is 5.50. The topological polar surface area (TPSA) is 41.1 Å². The van der Waals surface area contributed by atoms with E-state index in [4.69, 9.17) is 23.2 Å². The number of amides is 2. The molecule has 1 aliphatic rings. The Morgan fingerprint density at radius 3 is 2.36 bits per heavy atom. The first kappa shape index (κ1) is 15.2. The van der Waals surface area contributed by atoms with Crippen molar-refractivity contribution in [2.75, 3.05) is 5.32 Å². The highest BCUT2D eigenvalue weighted by Crippen LogP contribution is 2.41. The minimum atomic E-state index is -0.274. The van der Waals surface area contributed by atoms with E-state index in [1.165, 1.54) is 0 Å². The van der Waals surface area contributed by atoms with Crippen molar-refractivity contribution in [3.8, 4) is 0 Å². The van der Waals surface area contributed by atoms with Crippen molar-refractivity contribution in [2.45, 2.75) is 24.8 Å². The summed E-state index contributed by atoms with van der Waals surface area (Å²) in [6.07, 6.45) is 2.99. The number of carbonyl (C=O) groups excluding carboxylic acids is 1. The lowest BCUT2D eigenvalue weighted by molar-refractivity contribution is 0.185. The molecule has 2 amide bonds. The highest BCUT2D eigenvalue weighted by Gasteiger charge is 2.39. The number of rotatable bonds is 3. The Bertz CT molecular complexity index is 684. The molecule has 0 bridgehead atoms. The molecule has 1 aliphatic carbocycles. The Hall–Kier alpha value is -1.71. The molecule has 1 fully saturated rings. The molecule has 0 unspecified atom stereocenters. The molecule has 3 nitrogen and oxygen atoms in total. The Morgan fingerprint density at radius 1 is 1.05 bits per heavy atom. The average molecular weight is 335 g/mol. The summed E-state index contributed by atoms with van der Waals surface area (Å²) in [5, 5.41) is 6.84. The van der Waals surface area contributed by atoms with Crippen LogP contribution in [0.25, 0.3) is 0 Å². The van der Waals surface area contributed by atoms with E-state index in [-0.39, 0.29) is 11.6 Å². The van der Waals surface area contributed by atoms with Crippen molar-refractivity contribution in [2.24, 2.45) is 0 Å². The largest absolute Gasteiger partial charge is 0.328 e. The van der Waals surface area contributed by atoms with Gasteiger partial charge in [0.25, 0.3) is 0 Å². The van der Waals surface area contributed by atoms with Gasteiger partial charge in [-0.1, -0.05) is 53.5 Å². The zero-order valence-corrected chi connectivity index (χ0v) is 13.4. The number of hydrogen-bond donors (Lipinski definition) is 2. The summed E-state index contributed by atoms with van der Waals surface area (Å²) >= 11 is 11.9. The predicted molar refractivity (Wildman–Crippen MR) is 90.6 cm³/mol. The first-order valence-electron chi connectivity index (χ1n) is 7.19. The number of nitrogens with one attached hydrogen (secondary N) is 2. The van der Waals surface area contributed by atoms with Crippen LogP contribution < -0.4 is 10.6 Å². The maximum absolute atomic E-state index is 12.3. The minimum Gasteiger partial charge on any atom is -0.328 e. The third-order valence-electron chi connectivity index (χ3n) is 4.07. The third-order valence-corrected chi connectivity index (χ3v) is 4.61. The number of urea groups is 1. The molecule has 0 radical (unpaired) electrons. The van der Waals surface area contributed by atoms with E-state index in [0.717, 1.165) is 24.8 Å². The van der Waals surface area contributed by atoms with Gasteiger partial charge in [-0.2, -0.15) is 0 Å². The van der Waals surface area contributed by atoms with E-state index in [9.17, 15) is 4.79 Å². The summed E-state index contributed by atoms with van der Waals surface area (Å²) in [4.78, 5) is 12.3. The highest BCUT2D eigenvalue weighted by atomic mass is 35.5. The van der Waals surface area contributed by atoms with Crippen LogP contribution in [0.5, 0.6) is 0 Å². The van der Waals surface area contributed by atoms with E-state index >= 15 is 0 Å². The van der Waals surface area contributed by atoms with Gasteiger partial charge in [0.2, 0.25) is 0 Å². The lowest BCUT2D eigenvalue weighted by Gasteiger charge is -2.43. The fourth-order valence-electron chi connectivity index (χ4n) is 2.74. The standard InChI is InChI=1S/C17H16Cl2N2O/c18-13-7-8-15(14(19)11-13)20-16(22)21-17(9-4-10-17)12-5-2-1-3-6-12/h1-3,5-8,11H,4,9-10H2,(H2,20,21,22). The maximum atomic E-state index is 12.3. The normalized spacial score (nSPS) is 15.7. The van der Waals surface area contributed by atoms with Gasteiger partial charge in [0, 0.05) is 5.02 Å². The summed E-state index contributed by atoms with van der Waals surface area (Å²) < 4.78 is 0. The van der Waals surface area contributed by atoms with Crippen LogP contribution in [0.1, 0.15) is 24.8 Å². The van der Waals surface area contributed by atoms with Crippen LogP contribution in [-0.2, 0) is 5.54 Å². The Balaban J connectivity index is 1.73. The van der Waals surface area contributed by atoms with Crippen molar-refractivity contribution in [3.05, 3.63) is 64.1 Å². The Morgan fingerprint density at radius 2 is 1.77 bits per heavy atom. The minimum absolute atomic E-state index is 0.257. The quantitative estimate of drug-likeness (QED) is 0.796. The first-order chi connectivity index (χ1) is 10.6. The molecule has 0 aliphatic heterocycles. The third kappa shape index (κ3) is 3.06. The van der Waals surface area contributed by atoms with Crippen molar-refractivity contribution in [1.29, 1.82) is 0 Å². The molecule has 114 valence electrons. The van der Waals surface area contributed by atoms with Crippen LogP contribution in [0.3, 0.4) is 0 Å². The summed E-state index contributed by atoms with van der Waals surface area (Å²) in [5.41, 5.74) is 1.41. The van der Waals surface area contributed by atoms with Crippen LogP contribution in [-0.4, -0.2) is 6.03 Å². The van der Waals surface area contributed by atoms with Gasteiger partial charge in [-0.15, -0.1) is 0 Å². The molecule has 0 aromatic heterocycles. The van der Waals surface area contributed by atoms with Crippen LogP contribution in [0, 0.1) is 0 Å². The number of anilines is 1. The van der Waals surface area contributed by atoms with E-state index < -0.39 is 0 Å². The Kier molecular flexibility index (Phi) is 4.27. The van der Waals surface area contributed by atoms with Crippen molar-refractivity contribution in [1.82, 2.24) is 5.32 Å². The van der Waals surface area contributed by atoms with Crippen LogP contribution in [0.15, 0.2) is 48.5 Å². The van der Waals surface area contributed by atoms with E-state index in [0.29, 0.717) is 15.7 Å². The molecular weight excluding hydrogens is 319 g/mol. The summed E-state index contributed by atoms with van der Waals surface area (Å²) in [6.45, 7) is 0. The van der Waals surface area contributed by atoms with E-state index in [1.807, 2.05) is 18.2 Å². The van der Waals surface area contributed by atoms with Gasteiger partial charge < -0.3 is 10.6 Å². The fourth-order valence-corrected chi connectivity index (χ4v) is 3.19. The zero-order chi connectivity index (χ0) is 15.6. The molecule has 0 atom stereocenters. The van der Waals surface area contributed by atoms with Gasteiger partial charge >= 0.3 is 6.03 Å². The zero-order valence-electron chi connectivity index (χ0n) is 11.9. The molecule has 2 aromatic rings. The number of halogens is 2. The van der Waals surface area contributed by atoms with Crippen molar-refractivity contribution >= 4 is 34.9 Å². The highest BCUT2D eigenvalue weighted by molar-refractivity contribution is 6.36. The van der Waals surface area contributed by atoms with Crippen LogP contribution in [0.2, 0.25) is 10.0 Å². The monoisotopic (exact) mass is 334 g/mol. The maximum Gasteiger partial charge on any atom is 0.319 e. The lowest BCUT2D eigenvalue weighted by Crippen LogP contribution is -2.52. The number of hydrogen-bond acceptors (Lipinski definition) is 1. The second kappa shape index (κ2) is 6.19.